The smallest absolute Gasteiger partial charge is 0.0815 e. The van der Waals surface area contributed by atoms with Gasteiger partial charge >= 0.3 is 0 Å². The van der Waals surface area contributed by atoms with Crippen LogP contribution in [0, 0.1) is 0 Å². The zero-order valence-electron chi connectivity index (χ0n) is 9.49. The molecule has 96 valence electrons. The van der Waals surface area contributed by atoms with Crippen LogP contribution in [0.5, 0.6) is 0 Å². The number of benzene rings is 1. The van der Waals surface area contributed by atoms with Crippen molar-refractivity contribution in [3.63, 3.8) is 0 Å². The molecule has 0 spiro atoms. The first-order chi connectivity index (χ1) is 8.10. The number of nitrogens with two attached hydrogens (primary N) is 1. The van der Waals surface area contributed by atoms with E-state index in [0.717, 1.165) is 0 Å². The standard InChI is InChI=1S/C11H15Cl2NO2S/c1-2-16-8(6-14)7-17(15)11-9(12)4-3-5-10(11)13/h3-5,8H,2,6-7,14H2,1H3. The van der Waals surface area contributed by atoms with Gasteiger partial charge in [0.25, 0.3) is 0 Å². The normalized spacial score (nSPS) is 14.6. The molecule has 0 saturated carbocycles. The average Bonchev–Trinajstić information content (AvgIpc) is 2.28. The maximum atomic E-state index is 12.1. The highest BCUT2D eigenvalue weighted by Crippen LogP contribution is 2.28. The van der Waals surface area contributed by atoms with Gasteiger partial charge in [-0.25, -0.2) is 0 Å². The largest absolute Gasteiger partial charge is 0.376 e. The monoisotopic (exact) mass is 295 g/mol. The molecule has 0 aliphatic rings. The third-order valence-corrected chi connectivity index (χ3v) is 4.57. The second-order valence-corrected chi connectivity index (χ2v) is 5.62. The first-order valence-corrected chi connectivity index (χ1v) is 7.31. The first-order valence-electron chi connectivity index (χ1n) is 5.24. The van der Waals surface area contributed by atoms with Crippen LogP contribution in [0.3, 0.4) is 0 Å². The zero-order chi connectivity index (χ0) is 12.8. The van der Waals surface area contributed by atoms with Gasteiger partial charge in [-0.2, -0.15) is 0 Å². The summed E-state index contributed by atoms with van der Waals surface area (Å²) in [6.07, 6.45) is -0.242. The van der Waals surface area contributed by atoms with Crippen molar-refractivity contribution in [2.45, 2.75) is 17.9 Å². The Labute approximate surface area is 114 Å². The molecule has 2 unspecified atom stereocenters. The molecule has 1 aromatic carbocycles. The van der Waals surface area contributed by atoms with Crippen molar-refractivity contribution in [2.24, 2.45) is 5.73 Å². The molecule has 0 radical (unpaired) electrons. The predicted octanol–water partition coefficient (Wildman–Crippen LogP) is 2.46. The summed E-state index contributed by atoms with van der Waals surface area (Å²) >= 11 is 12.0. The van der Waals surface area contributed by atoms with Gasteiger partial charge in [0, 0.05) is 13.2 Å². The van der Waals surface area contributed by atoms with Gasteiger partial charge in [-0.3, -0.25) is 4.21 Å². The summed E-state index contributed by atoms with van der Waals surface area (Å²) in [7, 11) is -1.31. The van der Waals surface area contributed by atoms with Gasteiger partial charge in [0.1, 0.15) is 0 Å². The van der Waals surface area contributed by atoms with Crippen molar-refractivity contribution < 1.29 is 8.95 Å². The Bertz CT molecular complexity index is 381. The Morgan fingerprint density at radius 2 is 2.00 bits per heavy atom. The lowest BCUT2D eigenvalue weighted by atomic mass is 10.4. The van der Waals surface area contributed by atoms with Crippen molar-refractivity contribution in [3.05, 3.63) is 28.2 Å². The Balaban J connectivity index is 2.82. The minimum atomic E-state index is -1.31. The lowest BCUT2D eigenvalue weighted by Crippen LogP contribution is -2.29. The van der Waals surface area contributed by atoms with Crippen LogP contribution in [0.4, 0.5) is 0 Å². The summed E-state index contributed by atoms with van der Waals surface area (Å²) in [5.41, 5.74) is 5.54. The van der Waals surface area contributed by atoms with Crippen molar-refractivity contribution in [1.29, 1.82) is 0 Å². The van der Waals surface area contributed by atoms with Crippen molar-refractivity contribution >= 4 is 34.0 Å². The first kappa shape index (κ1) is 14.9. The highest BCUT2D eigenvalue weighted by atomic mass is 35.5. The summed E-state index contributed by atoms with van der Waals surface area (Å²) in [5, 5.41) is 0.811. The van der Waals surface area contributed by atoms with Gasteiger partial charge in [0.05, 0.1) is 37.6 Å². The van der Waals surface area contributed by atoms with Crippen LogP contribution in [0.1, 0.15) is 6.92 Å². The van der Waals surface area contributed by atoms with E-state index in [1.54, 1.807) is 18.2 Å². The molecule has 2 N–H and O–H groups in total. The summed E-state index contributed by atoms with van der Waals surface area (Å²) in [4.78, 5) is 0.453. The van der Waals surface area contributed by atoms with Crippen LogP contribution in [-0.4, -0.2) is 29.2 Å². The third kappa shape index (κ3) is 4.23. The molecule has 0 amide bonds. The van der Waals surface area contributed by atoms with Crippen LogP contribution in [0.2, 0.25) is 10.0 Å². The number of hydrogen-bond donors (Lipinski definition) is 1. The van der Waals surface area contributed by atoms with E-state index in [4.69, 9.17) is 33.7 Å². The van der Waals surface area contributed by atoms with Crippen molar-refractivity contribution in [3.8, 4) is 0 Å². The van der Waals surface area contributed by atoms with E-state index in [-0.39, 0.29) is 6.10 Å². The fourth-order valence-electron chi connectivity index (χ4n) is 1.37. The molecule has 0 aromatic heterocycles. The maximum Gasteiger partial charge on any atom is 0.0815 e. The Hall–Kier alpha value is -0.130. The van der Waals surface area contributed by atoms with E-state index < -0.39 is 10.8 Å². The van der Waals surface area contributed by atoms with E-state index in [1.165, 1.54) is 0 Å². The molecule has 6 heteroatoms. The fourth-order valence-corrected chi connectivity index (χ4v) is 3.59. The van der Waals surface area contributed by atoms with Crippen molar-refractivity contribution in [2.75, 3.05) is 18.9 Å². The highest BCUT2D eigenvalue weighted by Gasteiger charge is 2.17. The number of rotatable bonds is 6. The number of ether oxygens (including phenoxy) is 1. The summed E-state index contributed by atoms with van der Waals surface area (Å²) in [5.74, 6) is 0.299. The van der Waals surface area contributed by atoms with Gasteiger partial charge in [-0.15, -0.1) is 0 Å². The minimum Gasteiger partial charge on any atom is -0.376 e. The molecule has 0 saturated heterocycles. The molecule has 0 fully saturated rings. The lowest BCUT2D eigenvalue weighted by molar-refractivity contribution is 0.0852. The molecule has 0 aliphatic heterocycles. The summed E-state index contributed by atoms with van der Waals surface area (Å²) in [6, 6.07) is 5.05. The molecule has 0 aliphatic carbocycles. The SMILES string of the molecule is CCOC(CN)CS(=O)c1c(Cl)cccc1Cl. The van der Waals surface area contributed by atoms with Crippen LogP contribution in [-0.2, 0) is 15.5 Å². The third-order valence-electron chi connectivity index (χ3n) is 2.15. The summed E-state index contributed by atoms with van der Waals surface area (Å²) < 4.78 is 17.5. The van der Waals surface area contributed by atoms with Crippen LogP contribution >= 0.6 is 23.2 Å². The molecule has 1 rings (SSSR count). The highest BCUT2D eigenvalue weighted by molar-refractivity contribution is 7.85. The summed E-state index contributed by atoms with van der Waals surface area (Å²) in [6.45, 7) is 2.73. The zero-order valence-corrected chi connectivity index (χ0v) is 11.8. The molecule has 0 heterocycles. The fraction of sp³-hybridized carbons (Fsp3) is 0.455. The van der Waals surface area contributed by atoms with E-state index >= 15 is 0 Å². The molecule has 3 nitrogen and oxygen atoms in total. The Kier molecular flexibility index (Phi) is 6.44. The maximum absolute atomic E-state index is 12.1. The molecule has 2 atom stereocenters. The van der Waals surface area contributed by atoms with Gasteiger partial charge in [0.2, 0.25) is 0 Å². The predicted molar refractivity (Wildman–Crippen MR) is 72.2 cm³/mol. The van der Waals surface area contributed by atoms with E-state index in [1.807, 2.05) is 6.92 Å². The van der Waals surface area contributed by atoms with Crippen LogP contribution < -0.4 is 5.73 Å². The molecular weight excluding hydrogens is 281 g/mol. The van der Waals surface area contributed by atoms with Gasteiger partial charge in [-0.05, 0) is 19.1 Å². The second-order valence-electron chi connectivity index (χ2n) is 3.38. The van der Waals surface area contributed by atoms with E-state index in [2.05, 4.69) is 0 Å². The lowest BCUT2D eigenvalue weighted by Gasteiger charge is -2.15. The van der Waals surface area contributed by atoms with E-state index in [0.29, 0.717) is 33.8 Å². The Morgan fingerprint density at radius 1 is 1.41 bits per heavy atom. The van der Waals surface area contributed by atoms with Gasteiger partial charge < -0.3 is 10.5 Å². The molecular formula is C11H15Cl2NO2S. The molecule has 1 aromatic rings. The Morgan fingerprint density at radius 3 is 2.47 bits per heavy atom. The molecule has 0 bridgehead atoms. The number of halogens is 2. The minimum absolute atomic E-state index is 0.242. The quantitative estimate of drug-likeness (QED) is 0.877. The van der Waals surface area contributed by atoms with Crippen molar-refractivity contribution in [1.82, 2.24) is 0 Å². The molecule has 17 heavy (non-hydrogen) atoms. The second kappa shape index (κ2) is 7.34. The topological polar surface area (TPSA) is 52.3 Å². The number of hydrogen-bond acceptors (Lipinski definition) is 3. The van der Waals surface area contributed by atoms with Gasteiger partial charge in [-0.1, -0.05) is 29.3 Å². The van der Waals surface area contributed by atoms with Crippen LogP contribution in [0.15, 0.2) is 23.1 Å². The van der Waals surface area contributed by atoms with E-state index in [9.17, 15) is 4.21 Å². The van der Waals surface area contributed by atoms with Crippen LogP contribution in [0.25, 0.3) is 0 Å². The van der Waals surface area contributed by atoms with Gasteiger partial charge in [0.15, 0.2) is 0 Å². The average molecular weight is 296 g/mol.